The number of ketones is 1. The number of carbonyl (C=O) groups is 1. The lowest BCUT2D eigenvalue weighted by molar-refractivity contribution is 0.0989. The van der Waals surface area contributed by atoms with Crippen LogP contribution in [0.2, 0.25) is 0 Å². The Hall–Kier alpha value is -2.60. The molecule has 3 rings (SSSR count). The molecule has 0 unspecified atom stereocenters. The van der Waals surface area contributed by atoms with Crippen molar-refractivity contribution in [2.45, 2.75) is 25.2 Å². The maximum Gasteiger partial charge on any atom is 0.268 e. The topological polar surface area (TPSA) is 65.4 Å². The van der Waals surface area contributed by atoms with Gasteiger partial charge in [0.25, 0.3) is 10.0 Å². The van der Waals surface area contributed by atoms with Crippen LogP contribution in [-0.4, -0.2) is 25.3 Å². The number of nitrogens with zero attached hydrogens (tertiary/aromatic N) is 1. The molecule has 1 heterocycles. The van der Waals surface area contributed by atoms with E-state index in [-0.39, 0.29) is 10.7 Å². The summed E-state index contributed by atoms with van der Waals surface area (Å²) in [5.41, 5.74) is 1.86. The van der Waals surface area contributed by atoms with Gasteiger partial charge in [0.05, 0.1) is 17.5 Å². The first-order chi connectivity index (χ1) is 11.9. The van der Waals surface area contributed by atoms with Gasteiger partial charge in [0.1, 0.15) is 5.75 Å². The fourth-order valence-corrected chi connectivity index (χ4v) is 4.14. The quantitative estimate of drug-likeness (QED) is 0.652. The van der Waals surface area contributed by atoms with Gasteiger partial charge >= 0.3 is 0 Å². The normalized spacial score (nSPS) is 11.6. The first kappa shape index (κ1) is 17.2. The zero-order valence-electron chi connectivity index (χ0n) is 14.3. The van der Waals surface area contributed by atoms with Gasteiger partial charge in [-0.15, -0.1) is 0 Å². The number of hydrogen-bond donors (Lipinski definition) is 0. The van der Waals surface area contributed by atoms with E-state index in [4.69, 9.17) is 4.74 Å². The molecule has 0 aliphatic heterocycles. The molecule has 0 atom stereocenters. The Morgan fingerprint density at radius 3 is 2.40 bits per heavy atom. The third-order valence-electron chi connectivity index (χ3n) is 4.16. The van der Waals surface area contributed by atoms with Gasteiger partial charge in [0, 0.05) is 23.6 Å². The summed E-state index contributed by atoms with van der Waals surface area (Å²) in [4.78, 5) is 12.4. The summed E-state index contributed by atoms with van der Waals surface area (Å²) in [6.45, 7) is 3.65. The van der Waals surface area contributed by atoms with Crippen molar-refractivity contribution in [1.82, 2.24) is 3.97 Å². The van der Waals surface area contributed by atoms with Crippen molar-refractivity contribution in [2.24, 2.45) is 0 Å². The maximum absolute atomic E-state index is 13.1. The number of carbonyl (C=O) groups excluding carboxylic acids is 1. The molecule has 0 saturated carbocycles. The van der Waals surface area contributed by atoms with Crippen molar-refractivity contribution in [2.75, 3.05) is 7.11 Å². The van der Waals surface area contributed by atoms with Crippen molar-refractivity contribution in [3.8, 4) is 5.75 Å². The molecule has 0 saturated heterocycles. The molecule has 3 aromatic rings. The van der Waals surface area contributed by atoms with Crippen LogP contribution in [0.15, 0.2) is 53.6 Å². The standard InChI is InChI=1S/C19H19NO4S/c1-4-19(21)17-12-20(18-11-13(2)5-10-16(17)18)25(22,23)15-8-6-14(24-3)7-9-15/h5-12H,4H2,1-3H3. The van der Waals surface area contributed by atoms with Gasteiger partial charge in [-0.1, -0.05) is 19.1 Å². The van der Waals surface area contributed by atoms with Gasteiger partial charge in [-0.2, -0.15) is 0 Å². The molecule has 0 aliphatic rings. The molecule has 0 spiro atoms. The third-order valence-corrected chi connectivity index (χ3v) is 5.85. The lowest BCUT2D eigenvalue weighted by Gasteiger charge is -2.08. The Morgan fingerprint density at radius 1 is 1.12 bits per heavy atom. The lowest BCUT2D eigenvalue weighted by Crippen LogP contribution is -2.12. The van der Waals surface area contributed by atoms with Crippen LogP contribution in [0.3, 0.4) is 0 Å². The Morgan fingerprint density at radius 2 is 1.80 bits per heavy atom. The van der Waals surface area contributed by atoms with E-state index >= 15 is 0 Å². The second-order valence-electron chi connectivity index (χ2n) is 5.82. The molecule has 0 radical (unpaired) electrons. The van der Waals surface area contributed by atoms with Crippen LogP contribution in [-0.2, 0) is 10.0 Å². The number of rotatable bonds is 5. The van der Waals surface area contributed by atoms with E-state index in [1.807, 2.05) is 13.0 Å². The fraction of sp³-hybridized carbons (Fsp3) is 0.211. The molecular weight excluding hydrogens is 338 g/mol. The minimum absolute atomic E-state index is 0.0856. The SMILES string of the molecule is CCC(=O)c1cn(S(=O)(=O)c2ccc(OC)cc2)c2cc(C)ccc12. The summed E-state index contributed by atoms with van der Waals surface area (Å²) in [5.74, 6) is 0.492. The summed E-state index contributed by atoms with van der Waals surface area (Å²) in [5, 5.41) is 0.648. The molecule has 2 aromatic carbocycles. The second-order valence-corrected chi connectivity index (χ2v) is 7.63. The molecule has 0 N–H and O–H groups in total. The number of ether oxygens (including phenoxy) is 1. The second kappa shape index (κ2) is 6.37. The Balaban J connectivity index is 2.26. The van der Waals surface area contributed by atoms with Gasteiger partial charge in [-0.25, -0.2) is 12.4 Å². The molecular formula is C19H19NO4S. The Bertz CT molecular complexity index is 1050. The van der Waals surface area contributed by atoms with Crippen LogP contribution >= 0.6 is 0 Å². The average Bonchev–Trinajstić information content (AvgIpc) is 3.00. The predicted octanol–water partition coefficient (Wildman–Crippen LogP) is 3.79. The number of aryl methyl sites for hydroxylation is 1. The van der Waals surface area contributed by atoms with Crippen LogP contribution in [0.1, 0.15) is 29.3 Å². The summed E-state index contributed by atoms with van der Waals surface area (Å²) in [7, 11) is -2.30. The highest BCUT2D eigenvalue weighted by Gasteiger charge is 2.23. The van der Waals surface area contributed by atoms with E-state index < -0.39 is 10.0 Å². The van der Waals surface area contributed by atoms with Crippen LogP contribution in [0.4, 0.5) is 0 Å². The minimum atomic E-state index is -3.82. The van der Waals surface area contributed by atoms with Crippen LogP contribution < -0.4 is 4.74 Å². The maximum atomic E-state index is 13.1. The highest BCUT2D eigenvalue weighted by Crippen LogP contribution is 2.28. The Kier molecular flexibility index (Phi) is 4.39. The van der Waals surface area contributed by atoms with Crippen molar-refractivity contribution in [1.29, 1.82) is 0 Å². The number of fused-ring (bicyclic) bond motifs is 1. The van der Waals surface area contributed by atoms with E-state index in [0.717, 1.165) is 5.56 Å². The number of methoxy groups -OCH3 is 1. The number of Topliss-reactive ketones (excluding diaryl/α,β-unsaturated/α-hetero) is 1. The van der Waals surface area contributed by atoms with E-state index in [1.54, 1.807) is 31.2 Å². The molecule has 1 aromatic heterocycles. The van der Waals surface area contributed by atoms with Crippen molar-refractivity contribution in [3.63, 3.8) is 0 Å². The van der Waals surface area contributed by atoms with Gasteiger partial charge in [-0.05, 0) is 42.8 Å². The number of hydrogen-bond acceptors (Lipinski definition) is 4. The molecule has 6 heteroatoms. The zero-order valence-corrected chi connectivity index (χ0v) is 15.1. The zero-order chi connectivity index (χ0) is 18.2. The lowest BCUT2D eigenvalue weighted by atomic mass is 10.1. The monoisotopic (exact) mass is 357 g/mol. The smallest absolute Gasteiger partial charge is 0.268 e. The molecule has 0 aliphatic carbocycles. The number of benzene rings is 2. The summed E-state index contributed by atoms with van der Waals surface area (Å²) in [6.07, 6.45) is 1.74. The molecule has 130 valence electrons. The van der Waals surface area contributed by atoms with Crippen molar-refractivity contribution in [3.05, 3.63) is 59.8 Å². The fourth-order valence-electron chi connectivity index (χ4n) is 2.78. The van der Waals surface area contributed by atoms with Crippen LogP contribution in [0.25, 0.3) is 10.9 Å². The van der Waals surface area contributed by atoms with Crippen LogP contribution in [0, 0.1) is 6.92 Å². The first-order valence-electron chi connectivity index (χ1n) is 7.93. The Labute approximate surface area is 146 Å². The van der Waals surface area contributed by atoms with Gasteiger partial charge in [0.15, 0.2) is 5.78 Å². The van der Waals surface area contributed by atoms with E-state index in [1.165, 1.54) is 29.4 Å². The highest BCUT2D eigenvalue weighted by atomic mass is 32.2. The van der Waals surface area contributed by atoms with Gasteiger partial charge in [0.2, 0.25) is 0 Å². The molecule has 0 amide bonds. The summed E-state index contributed by atoms with van der Waals surface area (Å²) in [6, 6.07) is 11.6. The van der Waals surface area contributed by atoms with Crippen molar-refractivity contribution >= 4 is 26.7 Å². The predicted molar refractivity (Wildman–Crippen MR) is 96.9 cm³/mol. The molecule has 5 nitrogen and oxygen atoms in total. The van der Waals surface area contributed by atoms with Crippen LogP contribution in [0.5, 0.6) is 5.75 Å². The van der Waals surface area contributed by atoms with E-state index in [9.17, 15) is 13.2 Å². The molecule has 0 fully saturated rings. The summed E-state index contributed by atoms with van der Waals surface area (Å²) < 4.78 is 32.5. The molecule has 25 heavy (non-hydrogen) atoms. The minimum Gasteiger partial charge on any atom is -0.497 e. The van der Waals surface area contributed by atoms with E-state index in [0.29, 0.717) is 28.6 Å². The highest BCUT2D eigenvalue weighted by molar-refractivity contribution is 7.90. The van der Waals surface area contributed by atoms with Gasteiger partial charge in [-0.3, -0.25) is 4.79 Å². The number of aromatic nitrogens is 1. The van der Waals surface area contributed by atoms with Gasteiger partial charge < -0.3 is 4.74 Å². The summed E-state index contributed by atoms with van der Waals surface area (Å²) >= 11 is 0. The largest absolute Gasteiger partial charge is 0.497 e. The first-order valence-corrected chi connectivity index (χ1v) is 9.37. The molecule has 0 bridgehead atoms. The third kappa shape index (κ3) is 2.93. The van der Waals surface area contributed by atoms with Crippen molar-refractivity contribution < 1.29 is 17.9 Å². The van der Waals surface area contributed by atoms with E-state index in [2.05, 4.69) is 0 Å². The average molecular weight is 357 g/mol.